The molecule has 3 fully saturated rings. The molecule has 7 rings (SSSR count). The van der Waals surface area contributed by atoms with Crippen LogP contribution in [0.3, 0.4) is 0 Å². The van der Waals surface area contributed by atoms with Crippen LogP contribution in [0, 0.1) is 35.3 Å². The number of benzene rings is 2. The fourth-order valence-corrected chi connectivity index (χ4v) is 6.97. The molecule has 43 heavy (non-hydrogen) atoms. The average Bonchev–Trinajstić information content (AvgIpc) is 3.58. The van der Waals surface area contributed by atoms with Gasteiger partial charge in [-0.25, -0.2) is 13.8 Å². The number of nitrogens with zero attached hydrogens (tertiary/aromatic N) is 5. The van der Waals surface area contributed by atoms with E-state index < -0.39 is 11.6 Å². The van der Waals surface area contributed by atoms with Gasteiger partial charge in [-0.1, -0.05) is 12.0 Å². The van der Waals surface area contributed by atoms with Gasteiger partial charge >= 0.3 is 0 Å². The SMILES string of the molecule is C#Cc1c(F)ccc2cc(O)cc(-c3ncc4c(N5C[C@H]6CC[C@@H](C5)N6)c(C#N)c(OC[C@@H]5CCCN5C)nc4c3F)c12. The molecule has 0 spiro atoms. The number of halogens is 2. The molecule has 2 N–H and O–H groups in total. The van der Waals surface area contributed by atoms with Gasteiger partial charge in [-0.05, 0) is 62.9 Å². The molecule has 10 heteroatoms. The van der Waals surface area contributed by atoms with E-state index in [9.17, 15) is 14.8 Å². The summed E-state index contributed by atoms with van der Waals surface area (Å²) in [7, 11) is 2.03. The Labute approximate surface area is 247 Å². The maximum atomic E-state index is 16.8. The molecule has 3 atom stereocenters. The van der Waals surface area contributed by atoms with Crippen LogP contribution in [0.25, 0.3) is 32.9 Å². The number of nitriles is 1. The number of likely N-dealkylation sites (N-methyl/N-ethyl adjacent to an activating group) is 1. The number of aromatic hydroxyl groups is 1. The van der Waals surface area contributed by atoms with E-state index in [1.165, 1.54) is 30.5 Å². The van der Waals surface area contributed by atoms with Crippen LogP contribution < -0.4 is 15.0 Å². The van der Waals surface area contributed by atoms with Gasteiger partial charge in [-0.15, -0.1) is 6.42 Å². The van der Waals surface area contributed by atoms with Crippen molar-refractivity contribution in [1.82, 2.24) is 20.2 Å². The molecule has 0 unspecified atom stereocenters. The minimum absolute atomic E-state index is 0.0187. The normalized spacial score (nSPS) is 21.8. The summed E-state index contributed by atoms with van der Waals surface area (Å²) < 4.78 is 37.7. The van der Waals surface area contributed by atoms with Gasteiger partial charge in [-0.3, -0.25) is 4.98 Å². The maximum absolute atomic E-state index is 16.8. The Kier molecular flexibility index (Phi) is 6.76. The second-order valence-corrected chi connectivity index (χ2v) is 11.7. The van der Waals surface area contributed by atoms with Crippen LogP contribution in [0.1, 0.15) is 36.8 Å². The molecular formula is C33H30F2N6O2. The largest absolute Gasteiger partial charge is 0.508 e. The molecule has 2 aromatic heterocycles. The molecular weight excluding hydrogens is 550 g/mol. The summed E-state index contributed by atoms with van der Waals surface area (Å²) in [5.74, 6) is 0.883. The monoisotopic (exact) mass is 580 g/mol. The molecule has 0 amide bonds. The van der Waals surface area contributed by atoms with Crippen molar-refractivity contribution in [3.8, 4) is 41.3 Å². The number of nitrogens with one attached hydrogen (secondary N) is 1. The zero-order valence-corrected chi connectivity index (χ0v) is 23.7. The molecule has 2 aromatic carbocycles. The maximum Gasteiger partial charge on any atom is 0.234 e. The lowest BCUT2D eigenvalue weighted by molar-refractivity contribution is 0.193. The number of fused-ring (bicyclic) bond motifs is 4. The van der Waals surface area contributed by atoms with Crippen molar-refractivity contribution in [1.29, 1.82) is 5.26 Å². The Hall–Kier alpha value is -4.51. The zero-order valence-electron chi connectivity index (χ0n) is 23.7. The van der Waals surface area contributed by atoms with E-state index in [0.29, 0.717) is 36.2 Å². The molecule has 5 heterocycles. The fraction of sp³-hybridized carbons (Fsp3) is 0.364. The van der Waals surface area contributed by atoms with Gasteiger partial charge in [0.2, 0.25) is 5.88 Å². The molecule has 3 aliphatic rings. The molecule has 0 aliphatic carbocycles. The lowest BCUT2D eigenvalue weighted by Crippen LogP contribution is -2.51. The van der Waals surface area contributed by atoms with Gasteiger partial charge in [-0.2, -0.15) is 5.26 Å². The van der Waals surface area contributed by atoms with E-state index in [4.69, 9.17) is 11.2 Å². The second-order valence-electron chi connectivity index (χ2n) is 11.7. The number of rotatable bonds is 5. The van der Waals surface area contributed by atoms with Crippen molar-refractivity contribution in [2.75, 3.05) is 38.2 Å². The number of anilines is 1. The van der Waals surface area contributed by atoms with Crippen LogP contribution >= 0.6 is 0 Å². The Bertz CT molecular complexity index is 1850. The summed E-state index contributed by atoms with van der Waals surface area (Å²) in [5.41, 5.74) is 0.737. The molecule has 0 radical (unpaired) electrons. The highest BCUT2D eigenvalue weighted by Gasteiger charge is 2.36. The van der Waals surface area contributed by atoms with Gasteiger partial charge < -0.3 is 25.0 Å². The van der Waals surface area contributed by atoms with Gasteiger partial charge in [0.1, 0.15) is 41.0 Å². The number of ether oxygens (including phenoxy) is 1. The standard InChI is InChI=1S/C33H30F2N6O2/c1-3-23-27(34)9-6-18-11-22(42)12-24(28(18)23)30-29(35)31-26(14-37-30)32(41-15-19-7-8-20(16-41)38-19)25(13-36)33(39-31)43-17-21-5-4-10-40(21)2/h1,6,9,11-12,14,19-21,38,42H,4-5,7-8,10,15-17H2,2H3/t19-,20+,21-/m0/s1. The predicted molar refractivity (Wildman–Crippen MR) is 160 cm³/mol. The molecule has 4 aromatic rings. The summed E-state index contributed by atoms with van der Waals surface area (Å²) in [6, 6.07) is 8.45. The molecule has 3 saturated heterocycles. The van der Waals surface area contributed by atoms with E-state index in [1.54, 1.807) is 0 Å². The highest BCUT2D eigenvalue weighted by molar-refractivity contribution is 6.04. The first-order valence-corrected chi connectivity index (χ1v) is 14.5. The Morgan fingerprint density at radius 3 is 2.65 bits per heavy atom. The topological polar surface area (TPSA) is 97.5 Å². The smallest absolute Gasteiger partial charge is 0.234 e. The van der Waals surface area contributed by atoms with Crippen molar-refractivity contribution in [2.45, 2.75) is 43.8 Å². The van der Waals surface area contributed by atoms with Gasteiger partial charge in [0.15, 0.2) is 5.82 Å². The number of phenols is 1. The lowest BCUT2D eigenvalue weighted by atomic mass is 9.95. The van der Waals surface area contributed by atoms with Crippen LogP contribution in [0.15, 0.2) is 30.5 Å². The fourth-order valence-electron chi connectivity index (χ4n) is 6.97. The number of terminal acetylenes is 1. The number of phenolic OH excluding ortho intramolecular Hbond substituents is 1. The second kappa shape index (κ2) is 10.6. The number of likely N-dealkylation sites (tertiary alicyclic amines) is 1. The third-order valence-electron chi connectivity index (χ3n) is 9.09. The van der Waals surface area contributed by atoms with E-state index in [2.05, 4.69) is 37.1 Å². The molecule has 0 saturated carbocycles. The number of hydrogen-bond acceptors (Lipinski definition) is 8. The van der Waals surface area contributed by atoms with E-state index >= 15 is 4.39 Å². The third-order valence-corrected chi connectivity index (χ3v) is 9.09. The number of piperazine rings is 1. The summed E-state index contributed by atoms with van der Waals surface area (Å²) in [5, 5.41) is 25.6. The molecule has 8 nitrogen and oxygen atoms in total. The Morgan fingerprint density at radius 1 is 1.16 bits per heavy atom. The minimum Gasteiger partial charge on any atom is -0.508 e. The third kappa shape index (κ3) is 4.58. The average molecular weight is 581 g/mol. The van der Waals surface area contributed by atoms with Crippen molar-refractivity contribution in [3.63, 3.8) is 0 Å². The van der Waals surface area contributed by atoms with Crippen molar-refractivity contribution < 1.29 is 18.6 Å². The van der Waals surface area contributed by atoms with E-state index in [0.717, 1.165) is 32.2 Å². The van der Waals surface area contributed by atoms with Crippen molar-refractivity contribution >= 4 is 27.4 Å². The number of aromatic nitrogens is 2. The molecule has 2 bridgehead atoms. The summed E-state index contributed by atoms with van der Waals surface area (Å²) in [4.78, 5) is 13.4. The van der Waals surface area contributed by atoms with Gasteiger partial charge in [0.25, 0.3) is 0 Å². The van der Waals surface area contributed by atoms with Gasteiger partial charge in [0, 0.05) is 53.7 Å². The van der Waals surface area contributed by atoms with Crippen molar-refractivity contribution in [3.05, 3.63) is 53.2 Å². The highest BCUT2D eigenvalue weighted by Crippen LogP contribution is 2.42. The summed E-state index contributed by atoms with van der Waals surface area (Å²) in [6.45, 7) is 2.58. The van der Waals surface area contributed by atoms with Gasteiger partial charge in [0.05, 0.1) is 11.3 Å². The summed E-state index contributed by atoms with van der Waals surface area (Å²) >= 11 is 0. The molecule has 3 aliphatic heterocycles. The predicted octanol–water partition coefficient (Wildman–Crippen LogP) is 4.70. The van der Waals surface area contributed by atoms with Crippen LogP contribution in [-0.2, 0) is 0 Å². The quantitative estimate of drug-likeness (QED) is 0.328. The number of hydrogen-bond donors (Lipinski definition) is 2. The van der Waals surface area contributed by atoms with Crippen LogP contribution in [0.2, 0.25) is 0 Å². The minimum atomic E-state index is -0.775. The molecule has 218 valence electrons. The highest BCUT2D eigenvalue weighted by atomic mass is 19.1. The lowest BCUT2D eigenvalue weighted by Gasteiger charge is -2.36. The number of pyridine rings is 2. The van der Waals surface area contributed by atoms with Crippen LogP contribution in [0.4, 0.5) is 14.5 Å². The first-order chi connectivity index (χ1) is 20.9. The van der Waals surface area contributed by atoms with Crippen molar-refractivity contribution in [2.24, 2.45) is 0 Å². The van der Waals surface area contributed by atoms with E-state index in [-0.39, 0.29) is 63.0 Å². The Morgan fingerprint density at radius 2 is 1.95 bits per heavy atom. The first-order valence-electron chi connectivity index (χ1n) is 14.5. The van der Waals surface area contributed by atoms with E-state index in [1.807, 2.05) is 7.05 Å². The summed E-state index contributed by atoms with van der Waals surface area (Å²) in [6.07, 6.45) is 11.2. The Balaban J connectivity index is 1.45. The first kappa shape index (κ1) is 27.3. The zero-order chi connectivity index (χ0) is 29.8. The van der Waals surface area contributed by atoms with Crippen LogP contribution in [0.5, 0.6) is 11.6 Å². The van der Waals surface area contributed by atoms with Crippen LogP contribution in [-0.4, -0.2) is 71.4 Å².